The van der Waals surface area contributed by atoms with Gasteiger partial charge in [0.05, 0.1) is 11.1 Å². The highest BCUT2D eigenvalue weighted by Gasteiger charge is 2.22. The molecule has 6 rings (SSSR count). The minimum atomic E-state index is -2.97. The predicted molar refractivity (Wildman–Crippen MR) is 222 cm³/mol. The maximum absolute atomic E-state index is 12.9. The second-order valence-corrected chi connectivity index (χ2v) is 16.9. The van der Waals surface area contributed by atoms with E-state index in [1.54, 1.807) is 18.2 Å². The number of hydrogen-bond acceptors (Lipinski definition) is 4. The molecule has 0 atom stereocenters. The van der Waals surface area contributed by atoms with Crippen LogP contribution < -0.4 is 15.4 Å². The van der Waals surface area contributed by atoms with Crippen molar-refractivity contribution in [3.63, 3.8) is 0 Å². The van der Waals surface area contributed by atoms with Crippen molar-refractivity contribution >= 4 is 34.8 Å². The molecular formula is C46H55ClF4N2O4. The average molecular weight is 811 g/mol. The number of alkyl halides is 5. The molecule has 4 aromatic rings. The molecule has 0 bridgehead atoms. The second-order valence-electron chi connectivity index (χ2n) is 16.6. The molecule has 2 aliphatic rings. The maximum atomic E-state index is 12.9. The molecule has 0 aromatic heterocycles. The monoisotopic (exact) mass is 810 g/mol. The van der Waals surface area contributed by atoms with Crippen LogP contribution >= 0.6 is 11.6 Å². The van der Waals surface area contributed by atoms with Crippen LogP contribution in [-0.2, 0) is 36.5 Å². The van der Waals surface area contributed by atoms with Gasteiger partial charge in [0.15, 0.2) is 0 Å². The number of anilines is 2. The van der Waals surface area contributed by atoms with E-state index in [9.17, 15) is 32.3 Å². The fourth-order valence-corrected chi connectivity index (χ4v) is 6.95. The van der Waals surface area contributed by atoms with E-state index < -0.39 is 18.4 Å². The summed E-state index contributed by atoms with van der Waals surface area (Å²) >= 11 is 3.94. The summed E-state index contributed by atoms with van der Waals surface area (Å²) in [6.07, 6.45) is 10.3. The van der Waals surface area contributed by atoms with Crippen molar-refractivity contribution in [1.29, 1.82) is 0 Å². The van der Waals surface area contributed by atoms with E-state index in [-0.39, 0.29) is 33.8 Å². The Kier molecular flexibility index (Phi) is 16.0. The summed E-state index contributed by atoms with van der Waals surface area (Å²) in [4.78, 5) is 25.5. The molecule has 11 heteroatoms. The van der Waals surface area contributed by atoms with Crippen LogP contribution in [0.4, 0.5) is 28.9 Å². The van der Waals surface area contributed by atoms with Crippen molar-refractivity contribution in [2.75, 3.05) is 10.6 Å². The number of carbonyl (C=O) groups excluding carboxylic acids is 2. The Morgan fingerprint density at radius 2 is 0.947 bits per heavy atom. The molecule has 4 aromatic carbocycles. The smallest absolute Gasteiger partial charge is 0.387 e. The van der Waals surface area contributed by atoms with Crippen molar-refractivity contribution in [2.45, 2.75) is 129 Å². The zero-order valence-electron chi connectivity index (χ0n) is 33.7. The van der Waals surface area contributed by atoms with Crippen LogP contribution in [0, 0.1) is 0 Å². The molecule has 0 unspecified atom stereocenters. The van der Waals surface area contributed by atoms with Gasteiger partial charge < -0.3 is 20.5 Å². The molecule has 0 saturated heterocycles. The van der Waals surface area contributed by atoms with Gasteiger partial charge in [-0.05, 0) is 144 Å². The highest BCUT2D eigenvalue weighted by Crippen LogP contribution is 2.32. The van der Waals surface area contributed by atoms with Crippen LogP contribution in [0.15, 0.2) is 72.8 Å². The zero-order chi connectivity index (χ0) is 41.9. The number of benzene rings is 4. The van der Waals surface area contributed by atoms with E-state index in [1.807, 2.05) is 54.6 Å². The summed E-state index contributed by atoms with van der Waals surface area (Å²) < 4.78 is 50.7. The number of phenolic OH excluding ortho intramolecular Hbond substituents is 1. The Bertz CT molecular complexity index is 1950. The van der Waals surface area contributed by atoms with Crippen LogP contribution in [0.1, 0.15) is 134 Å². The number of fused-ring (bicyclic) bond motifs is 2. The van der Waals surface area contributed by atoms with Crippen molar-refractivity contribution in [1.82, 2.24) is 0 Å². The van der Waals surface area contributed by atoms with E-state index in [0.29, 0.717) is 11.3 Å². The van der Waals surface area contributed by atoms with Gasteiger partial charge in [0.1, 0.15) is 11.5 Å². The summed E-state index contributed by atoms with van der Waals surface area (Å²) in [6, 6.07) is 22.5. The van der Waals surface area contributed by atoms with E-state index in [0.717, 1.165) is 80.2 Å². The first kappa shape index (κ1) is 45.1. The third kappa shape index (κ3) is 13.8. The highest BCUT2D eigenvalue weighted by atomic mass is 35.5. The molecule has 3 N–H and O–H groups in total. The van der Waals surface area contributed by atoms with Crippen molar-refractivity contribution in [3.05, 3.63) is 117 Å². The summed E-state index contributed by atoms with van der Waals surface area (Å²) in [5.74, 6) is -3.37. The Hall–Kier alpha value is -4.57. The summed E-state index contributed by atoms with van der Waals surface area (Å²) in [6.45, 7) is 9.86. The lowest BCUT2D eigenvalue weighted by Gasteiger charge is -2.19. The number of carbonyl (C=O) groups is 2. The lowest BCUT2D eigenvalue weighted by Crippen LogP contribution is -2.16. The fourth-order valence-electron chi connectivity index (χ4n) is 6.95. The number of halogens is 5. The van der Waals surface area contributed by atoms with Crippen molar-refractivity contribution in [3.8, 4) is 11.5 Å². The van der Waals surface area contributed by atoms with Crippen LogP contribution in [0.2, 0.25) is 0 Å². The summed E-state index contributed by atoms with van der Waals surface area (Å²) in [5, 5.41) is 16.0. The molecule has 2 amide bonds. The van der Waals surface area contributed by atoms with Gasteiger partial charge in [-0.15, -0.1) is 0 Å². The Labute approximate surface area is 339 Å². The number of aromatic hydroxyl groups is 1. The molecule has 308 valence electrons. The summed E-state index contributed by atoms with van der Waals surface area (Å²) in [5.41, 5.74) is 8.77. The van der Waals surface area contributed by atoms with Gasteiger partial charge >= 0.3 is 12.5 Å². The first-order valence-electron chi connectivity index (χ1n) is 19.5. The Morgan fingerprint density at radius 3 is 1.33 bits per heavy atom. The van der Waals surface area contributed by atoms with Gasteiger partial charge in [0.2, 0.25) is 0 Å². The number of ether oxygens (including phenoxy) is 1. The van der Waals surface area contributed by atoms with Crippen molar-refractivity contribution < 1.29 is 37.0 Å². The number of phenols is 1. The minimum absolute atomic E-state index is 0.0117. The van der Waals surface area contributed by atoms with E-state index in [1.165, 1.54) is 23.1 Å². The molecule has 2 aliphatic carbocycles. The van der Waals surface area contributed by atoms with Crippen LogP contribution in [0.25, 0.3) is 0 Å². The standard InChI is InChI=1S/C23H27F2NO2.C22H27NO2.CHClF2/c1-23(2,3)17-9-11-18(12-10-17)26-21(27)19-13-15-7-5-4-6-8-16(15)14-20(19)28-22(24)25;1-22(2,3)17-9-11-18(12-10-17)23-21(25)19-13-15-7-5-4-6-8-16(15)14-20(19)24;2-1(3)4/h9-14,22H,4-8H2,1-3H3,(H,26,27);9-14,24H,4-8H2,1-3H3,(H,23,25);1H. The van der Waals surface area contributed by atoms with E-state index >= 15 is 0 Å². The molecule has 0 heterocycles. The summed E-state index contributed by atoms with van der Waals surface area (Å²) in [7, 11) is 0. The van der Waals surface area contributed by atoms with Crippen LogP contribution in [0.3, 0.4) is 0 Å². The highest BCUT2D eigenvalue weighted by molar-refractivity contribution is 6.18. The molecule has 0 fully saturated rings. The van der Waals surface area contributed by atoms with Gasteiger partial charge in [0, 0.05) is 11.4 Å². The molecule has 6 nitrogen and oxygen atoms in total. The molecule has 0 spiro atoms. The van der Waals surface area contributed by atoms with Crippen LogP contribution in [-0.4, -0.2) is 29.4 Å². The SMILES string of the molecule is CC(C)(C)c1ccc(NC(=O)c2cc3c(cc2O)CCCCC3)cc1.CC(C)(C)c1ccc(NC(=O)c2cc3c(cc2OC(F)F)CCCCC3)cc1.FC(F)Cl. The van der Waals surface area contributed by atoms with Gasteiger partial charge in [0.25, 0.3) is 11.8 Å². The first-order valence-corrected chi connectivity index (χ1v) is 20.0. The average Bonchev–Trinajstić information content (AvgIpc) is 3.50. The lowest BCUT2D eigenvalue weighted by atomic mass is 9.87. The first-order chi connectivity index (χ1) is 26.8. The largest absolute Gasteiger partial charge is 0.507 e. The molecule has 0 saturated carbocycles. The molecule has 0 aliphatic heterocycles. The van der Waals surface area contributed by atoms with Gasteiger partial charge in [-0.25, -0.2) is 0 Å². The molecule has 0 radical (unpaired) electrons. The minimum Gasteiger partial charge on any atom is -0.507 e. The number of hydrogen-bond donors (Lipinski definition) is 3. The van der Waals surface area contributed by atoms with Gasteiger partial charge in [-0.2, -0.15) is 17.6 Å². The Morgan fingerprint density at radius 1 is 0.596 bits per heavy atom. The second kappa shape index (κ2) is 20.2. The normalized spacial score (nSPS) is 14.1. The number of nitrogens with one attached hydrogen (secondary N) is 2. The quantitative estimate of drug-likeness (QED) is 0.103. The van der Waals surface area contributed by atoms with Crippen molar-refractivity contribution in [2.24, 2.45) is 0 Å². The number of rotatable bonds is 6. The Balaban J connectivity index is 0.000000232. The van der Waals surface area contributed by atoms with Crippen LogP contribution in [0.5, 0.6) is 11.5 Å². The van der Waals surface area contributed by atoms with E-state index in [2.05, 4.69) is 68.5 Å². The van der Waals surface area contributed by atoms with Gasteiger partial charge in [-0.1, -0.05) is 90.3 Å². The fraction of sp³-hybridized carbons (Fsp3) is 0.435. The third-order valence-electron chi connectivity index (χ3n) is 10.1. The maximum Gasteiger partial charge on any atom is 0.387 e. The zero-order valence-corrected chi connectivity index (χ0v) is 34.5. The van der Waals surface area contributed by atoms with E-state index in [4.69, 9.17) is 0 Å². The number of amides is 2. The topological polar surface area (TPSA) is 87.7 Å². The van der Waals surface area contributed by atoms with Gasteiger partial charge in [-0.3, -0.25) is 9.59 Å². The third-order valence-corrected chi connectivity index (χ3v) is 10.1. The molecular weight excluding hydrogens is 756 g/mol. The lowest BCUT2D eigenvalue weighted by molar-refractivity contribution is -0.0501. The predicted octanol–water partition coefficient (Wildman–Crippen LogP) is 12.8. The number of aryl methyl sites for hydroxylation is 4. The molecule has 57 heavy (non-hydrogen) atoms.